The Morgan fingerprint density at radius 1 is 1.57 bits per heavy atom. The number of imidazole rings is 1. The van der Waals surface area contributed by atoms with Crippen LogP contribution >= 0.6 is 0 Å². The number of carbonyl (C=O) groups excluding carboxylic acids is 1. The molecule has 0 saturated carbocycles. The molecule has 0 saturated heterocycles. The van der Waals surface area contributed by atoms with Crippen molar-refractivity contribution in [3.63, 3.8) is 0 Å². The summed E-state index contributed by atoms with van der Waals surface area (Å²) in [5, 5.41) is 0. The van der Waals surface area contributed by atoms with Crippen LogP contribution in [0.4, 0.5) is 0 Å². The minimum Gasteiger partial charge on any atom is -0.304 e. The van der Waals surface area contributed by atoms with Gasteiger partial charge in [-0.15, -0.1) is 0 Å². The molecule has 2 heterocycles. The first-order valence-corrected chi connectivity index (χ1v) is 4.69. The van der Waals surface area contributed by atoms with Gasteiger partial charge in [-0.05, 0) is 19.1 Å². The summed E-state index contributed by atoms with van der Waals surface area (Å²) in [5.74, 6) is 1.11. The third-order valence-electron chi connectivity index (χ3n) is 2.33. The Balaban J connectivity index is 2.63. The fourth-order valence-corrected chi connectivity index (χ4v) is 1.54. The highest BCUT2D eigenvalue weighted by atomic mass is 16.1. The average Bonchev–Trinajstić information content (AvgIpc) is 2.59. The van der Waals surface area contributed by atoms with Gasteiger partial charge in [0.2, 0.25) is 0 Å². The number of nitrogens with zero attached hydrogens (tertiary/aromatic N) is 2. The summed E-state index contributed by atoms with van der Waals surface area (Å²) in [4.78, 5) is 15.4. The molecule has 0 aromatic carbocycles. The molecule has 0 aliphatic heterocycles. The number of carbonyl (C=O) groups is 1. The highest BCUT2D eigenvalue weighted by Gasteiger charge is 2.04. The maximum Gasteiger partial charge on any atom is 0.159 e. The lowest BCUT2D eigenvalue weighted by molar-refractivity contribution is 0.101. The molecule has 0 aliphatic carbocycles. The number of aromatic nitrogens is 2. The molecule has 0 spiro atoms. The third-order valence-corrected chi connectivity index (χ3v) is 2.33. The zero-order valence-corrected chi connectivity index (χ0v) is 8.32. The predicted octanol–water partition coefficient (Wildman–Crippen LogP) is 2.10. The van der Waals surface area contributed by atoms with Crippen LogP contribution in [0.5, 0.6) is 0 Å². The Labute approximate surface area is 82.4 Å². The smallest absolute Gasteiger partial charge is 0.159 e. The normalized spacial score (nSPS) is 10.7. The van der Waals surface area contributed by atoms with E-state index in [1.807, 2.05) is 22.7 Å². The second kappa shape index (κ2) is 3.25. The first-order valence-electron chi connectivity index (χ1n) is 4.69. The van der Waals surface area contributed by atoms with Gasteiger partial charge in [0.15, 0.2) is 5.78 Å². The van der Waals surface area contributed by atoms with Crippen molar-refractivity contribution >= 4 is 11.3 Å². The third kappa shape index (κ3) is 1.31. The van der Waals surface area contributed by atoms with Crippen LogP contribution in [0.2, 0.25) is 0 Å². The zero-order valence-electron chi connectivity index (χ0n) is 8.32. The van der Waals surface area contributed by atoms with Gasteiger partial charge < -0.3 is 4.40 Å². The highest BCUT2D eigenvalue weighted by Crippen LogP contribution is 2.10. The molecule has 0 unspecified atom stereocenters. The maximum absolute atomic E-state index is 11.1. The predicted molar refractivity (Wildman–Crippen MR) is 54.6 cm³/mol. The summed E-state index contributed by atoms with van der Waals surface area (Å²) in [6, 6.07) is 3.70. The Hall–Kier alpha value is -1.64. The molecule has 0 amide bonds. The van der Waals surface area contributed by atoms with E-state index in [0.717, 1.165) is 23.3 Å². The molecule has 2 aromatic heterocycles. The quantitative estimate of drug-likeness (QED) is 0.676. The van der Waals surface area contributed by atoms with E-state index < -0.39 is 0 Å². The first kappa shape index (κ1) is 8.94. The molecule has 0 aliphatic rings. The molecular weight excluding hydrogens is 176 g/mol. The second-order valence-electron chi connectivity index (χ2n) is 3.29. The van der Waals surface area contributed by atoms with Crippen molar-refractivity contribution in [2.45, 2.75) is 20.3 Å². The number of fused-ring (bicyclic) bond motifs is 1. The van der Waals surface area contributed by atoms with E-state index in [2.05, 4.69) is 11.9 Å². The molecule has 3 heteroatoms. The van der Waals surface area contributed by atoms with Crippen molar-refractivity contribution in [1.82, 2.24) is 9.38 Å². The molecule has 3 nitrogen and oxygen atoms in total. The van der Waals surface area contributed by atoms with Crippen LogP contribution in [0.1, 0.15) is 30.0 Å². The second-order valence-corrected chi connectivity index (χ2v) is 3.29. The van der Waals surface area contributed by atoms with E-state index in [-0.39, 0.29) is 5.78 Å². The summed E-state index contributed by atoms with van der Waals surface area (Å²) < 4.78 is 2.01. The molecule has 2 aromatic rings. The summed E-state index contributed by atoms with van der Waals surface area (Å²) in [6.07, 6.45) is 4.59. The van der Waals surface area contributed by atoms with Gasteiger partial charge in [-0.3, -0.25) is 4.79 Å². The lowest BCUT2D eigenvalue weighted by Crippen LogP contribution is -1.96. The fourth-order valence-electron chi connectivity index (χ4n) is 1.54. The van der Waals surface area contributed by atoms with Gasteiger partial charge in [-0.1, -0.05) is 6.92 Å². The fraction of sp³-hybridized carbons (Fsp3) is 0.273. The monoisotopic (exact) mass is 188 g/mol. The first-order chi connectivity index (χ1) is 6.72. The number of aryl methyl sites for hydroxylation is 1. The number of hydrogen-bond donors (Lipinski definition) is 0. The van der Waals surface area contributed by atoms with Gasteiger partial charge in [0.05, 0.1) is 11.7 Å². The van der Waals surface area contributed by atoms with Crippen molar-refractivity contribution in [3.05, 3.63) is 35.9 Å². The number of rotatable bonds is 2. The van der Waals surface area contributed by atoms with E-state index in [4.69, 9.17) is 0 Å². The van der Waals surface area contributed by atoms with Gasteiger partial charge >= 0.3 is 0 Å². The maximum atomic E-state index is 11.1. The van der Waals surface area contributed by atoms with E-state index in [1.54, 1.807) is 13.1 Å². The number of hydrogen-bond acceptors (Lipinski definition) is 2. The molecule has 0 fully saturated rings. The Bertz CT molecular complexity index is 485. The van der Waals surface area contributed by atoms with Crippen LogP contribution in [0.15, 0.2) is 24.5 Å². The Kier molecular flexibility index (Phi) is 2.08. The van der Waals surface area contributed by atoms with Crippen LogP contribution in [-0.2, 0) is 6.42 Å². The molecule has 0 radical (unpaired) electrons. The number of ketones is 1. The molecule has 0 N–H and O–H groups in total. The highest BCUT2D eigenvalue weighted by molar-refractivity contribution is 5.95. The molecule has 72 valence electrons. The standard InChI is InChI=1S/C11H12N2O/c1-3-11-12-7-10-6-9(8(2)14)4-5-13(10)11/h4-7H,3H2,1-2H3. The summed E-state index contributed by atoms with van der Waals surface area (Å²) in [6.45, 7) is 3.64. The molecule has 0 atom stereocenters. The topological polar surface area (TPSA) is 34.4 Å². The molecule has 0 bridgehead atoms. The van der Waals surface area contributed by atoms with Gasteiger partial charge in [-0.25, -0.2) is 4.98 Å². The number of Topliss-reactive ketones (excluding diaryl/α,β-unsaturated/α-hetero) is 1. The van der Waals surface area contributed by atoms with Gasteiger partial charge in [0.1, 0.15) is 5.82 Å². The van der Waals surface area contributed by atoms with E-state index in [9.17, 15) is 4.79 Å². The van der Waals surface area contributed by atoms with Gasteiger partial charge in [0.25, 0.3) is 0 Å². The number of pyridine rings is 1. The molecule has 14 heavy (non-hydrogen) atoms. The summed E-state index contributed by atoms with van der Waals surface area (Å²) >= 11 is 0. The van der Waals surface area contributed by atoms with Crippen LogP contribution in [-0.4, -0.2) is 15.2 Å². The Morgan fingerprint density at radius 2 is 2.36 bits per heavy atom. The van der Waals surface area contributed by atoms with E-state index in [0.29, 0.717) is 0 Å². The van der Waals surface area contributed by atoms with Crippen LogP contribution in [0, 0.1) is 0 Å². The SMILES string of the molecule is CCc1ncc2cc(C(C)=O)ccn12. The van der Waals surface area contributed by atoms with Crippen LogP contribution in [0.3, 0.4) is 0 Å². The molecule has 2 rings (SSSR count). The molecular formula is C11H12N2O. The zero-order chi connectivity index (χ0) is 10.1. The van der Waals surface area contributed by atoms with E-state index in [1.165, 1.54) is 0 Å². The lowest BCUT2D eigenvalue weighted by atomic mass is 10.2. The van der Waals surface area contributed by atoms with Crippen molar-refractivity contribution in [2.24, 2.45) is 0 Å². The van der Waals surface area contributed by atoms with Gasteiger partial charge in [-0.2, -0.15) is 0 Å². The van der Waals surface area contributed by atoms with Crippen LogP contribution < -0.4 is 0 Å². The minimum atomic E-state index is 0.0896. The van der Waals surface area contributed by atoms with Crippen molar-refractivity contribution in [2.75, 3.05) is 0 Å². The lowest BCUT2D eigenvalue weighted by Gasteiger charge is -1.99. The van der Waals surface area contributed by atoms with Crippen LogP contribution in [0.25, 0.3) is 5.52 Å². The Morgan fingerprint density at radius 3 is 3.00 bits per heavy atom. The largest absolute Gasteiger partial charge is 0.304 e. The van der Waals surface area contributed by atoms with Gasteiger partial charge in [0, 0.05) is 18.2 Å². The average molecular weight is 188 g/mol. The minimum absolute atomic E-state index is 0.0896. The van der Waals surface area contributed by atoms with Crippen molar-refractivity contribution in [1.29, 1.82) is 0 Å². The van der Waals surface area contributed by atoms with Crippen molar-refractivity contribution in [3.8, 4) is 0 Å². The van der Waals surface area contributed by atoms with E-state index >= 15 is 0 Å². The summed E-state index contributed by atoms with van der Waals surface area (Å²) in [7, 11) is 0. The van der Waals surface area contributed by atoms with Crippen molar-refractivity contribution < 1.29 is 4.79 Å². The summed E-state index contributed by atoms with van der Waals surface area (Å²) in [5.41, 5.74) is 1.72.